The van der Waals surface area contributed by atoms with E-state index in [9.17, 15) is 14.4 Å². The molecule has 6 nitrogen and oxygen atoms in total. The molecule has 0 bridgehead atoms. The number of hydrogen-bond acceptors (Lipinski definition) is 4. The molecule has 1 heterocycles. The molecule has 27 heavy (non-hydrogen) atoms. The minimum Gasteiger partial charge on any atom is -0.455 e. The maximum atomic E-state index is 12.6. The van der Waals surface area contributed by atoms with Gasteiger partial charge in [0.25, 0.3) is 5.91 Å². The van der Waals surface area contributed by atoms with E-state index in [2.05, 4.69) is 0 Å². The summed E-state index contributed by atoms with van der Waals surface area (Å²) < 4.78 is 5.32. The van der Waals surface area contributed by atoms with Crippen molar-refractivity contribution in [2.45, 2.75) is 45.6 Å². The number of rotatable bonds is 6. The molecule has 2 fully saturated rings. The van der Waals surface area contributed by atoms with Gasteiger partial charge >= 0.3 is 5.97 Å². The highest BCUT2D eigenvalue weighted by atomic mass is 16.5. The van der Waals surface area contributed by atoms with E-state index in [0.717, 1.165) is 18.5 Å². The summed E-state index contributed by atoms with van der Waals surface area (Å²) in [6, 6.07) is 9.35. The molecule has 0 aromatic heterocycles. The Bertz CT molecular complexity index is 677. The van der Waals surface area contributed by atoms with Crippen molar-refractivity contribution in [3.8, 4) is 0 Å². The Kier molecular flexibility index (Phi) is 6.14. The van der Waals surface area contributed by atoms with Crippen LogP contribution in [0.25, 0.3) is 0 Å². The molecule has 2 aliphatic rings. The van der Waals surface area contributed by atoms with Crippen LogP contribution in [0.5, 0.6) is 0 Å². The lowest BCUT2D eigenvalue weighted by Gasteiger charge is -2.31. The van der Waals surface area contributed by atoms with E-state index in [1.54, 1.807) is 4.90 Å². The van der Waals surface area contributed by atoms with Gasteiger partial charge in [0, 0.05) is 30.7 Å². The number of amides is 2. The van der Waals surface area contributed by atoms with Crippen LogP contribution in [0.4, 0.5) is 5.69 Å². The number of benzene rings is 1. The Morgan fingerprint density at radius 2 is 1.67 bits per heavy atom. The summed E-state index contributed by atoms with van der Waals surface area (Å²) in [6.45, 7) is 4.81. The lowest BCUT2D eigenvalue weighted by Crippen LogP contribution is -2.43. The summed E-state index contributed by atoms with van der Waals surface area (Å²) in [5.74, 6) is -0.353. The Hall–Kier alpha value is -2.37. The van der Waals surface area contributed by atoms with Crippen LogP contribution in [0.15, 0.2) is 30.3 Å². The zero-order valence-corrected chi connectivity index (χ0v) is 16.1. The van der Waals surface area contributed by atoms with Crippen molar-refractivity contribution in [2.24, 2.45) is 11.8 Å². The van der Waals surface area contributed by atoms with E-state index in [1.165, 1.54) is 0 Å². The zero-order chi connectivity index (χ0) is 19.4. The Morgan fingerprint density at radius 1 is 1.04 bits per heavy atom. The summed E-state index contributed by atoms with van der Waals surface area (Å²) in [5.41, 5.74) is 0.792. The molecule has 1 saturated carbocycles. The molecule has 146 valence electrons. The van der Waals surface area contributed by atoms with Crippen molar-refractivity contribution in [3.63, 3.8) is 0 Å². The second-order valence-corrected chi connectivity index (χ2v) is 7.67. The summed E-state index contributed by atoms with van der Waals surface area (Å²) in [6.07, 6.45) is 3.21. The van der Waals surface area contributed by atoms with Gasteiger partial charge in [-0.3, -0.25) is 14.4 Å². The fourth-order valence-corrected chi connectivity index (χ4v) is 3.56. The highest BCUT2D eigenvalue weighted by molar-refractivity contribution is 5.95. The smallest absolute Gasteiger partial charge is 0.309 e. The highest BCUT2D eigenvalue weighted by Gasteiger charge is 2.36. The number of likely N-dealkylation sites (tertiary alicyclic amines) is 1. The van der Waals surface area contributed by atoms with Crippen LogP contribution in [0.1, 0.15) is 39.5 Å². The number of esters is 1. The van der Waals surface area contributed by atoms with Gasteiger partial charge in [0.05, 0.1) is 5.92 Å². The molecule has 3 rings (SSSR count). The topological polar surface area (TPSA) is 66.9 Å². The van der Waals surface area contributed by atoms with Crippen molar-refractivity contribution < 1.29 is 19.1 Å². The molecule has 0 N–H and O–H groups in total. The molecule has 6 heteroatoms. The zero-order valence-electron chi connectivity index (χ0n) is 16.1. The van der Waals surface area contributed by atoms with Crippen molar-refractivity contribution in [3.05, 3.63) is 30.3 Å². The average Bonchev–Trinajstić information content (AvgIpc) is 3.51. The molecule has 0 spiro atoms. The number of carbonyl (C=O) groups is 3. The lowest BCUT2D eigenvalue weighted by atomic mass is 9.97. The number of piperidine rings is 1. The van der Waals surface area contributed by atoms with Crippen molar-refractivity contribution >= 4 is 23.5 Å². The van der Waals surface area contributed by atoms with E-state index in [-0.39, 0.29) is 42.3 Å². The summed E-state index contributed by atoms with van der Waals surface area (Å²) in [5, 5.41) is 0. The largest absolute Gasteiger partial charge is 0.455 e. The van der Waals surface area contributed by atoms with Gasteiger partial charge in [-0.05, 0) is 51.7 Å². The third-order valence-electron chi connectivity index (χ3n) is 5.22. The van der Waals surface area contributed by atoms with E-state index in [0.29, 0.717) is 25.9 Å². The van der Waals surface area contributed by atoms with Gasteiger partial charge in [-0.2, -0.15) is 0 Å². The molecule has 0 unspecified atom stereocenters. The van der Waals surface area contributed by atoms with E-state index < -0.39 is 0 Å². The quantitative estimate of drug-likeness (QED) is 0.720. The van der Waals surface area contributed by atoms with Gasteiger partial charge in [-0.25, -0.2) is 0 Å². The van der Waals surface area contributed by atoms with Crippen LogP contribution in [0, 0.1) is 11.8 Å². The molecule has 2 amide bonds. The van der Waals surface area contributed by atoms with Gasteiger partial charge in [0.1, 0.15) is 0 Å². The third kappa shape index (κ3) is 4.87. The maximum Gasteiger partial charge on any atom is 0.309 e. The number of hydrogen-bond donors (Lipinski definition) is 0. The predicted molar refractivity (Wildman–Crippen MR) is 102 cm³/mol. The van der Waals surface area contributed by atoms with Crippen LogP contribution in [0.2, 0.25) is 0 Å². The van der Waals surface area contributed by atoms with Crippen molar-refractivity contribution in [2.75, 3.05) is 24.6 Å². The summed E-state index contributed by atoms with van der Waals surface area (Å²) in [7, 11) is 0. The molecule has 1 aromatic rings. The Balaban J connectivity index is 1.48. The molecular weight excluding hydrogens is 344 g/mol. The van der Waals surface area contributed by atoms with Crippen LogP contribution < -0.4 is 4.90 Å². The molecule has 0 radical (unpaired) electrons. The minimum absolute atomic E-state index is 0.0322. The number of nitrogens with zero attached hydrogens (tertiary/aromatic N) is 2. The fraction of sp³-hybridized carbons (Fsp3) is 0.571. The third-order valence-corrected chi connectivity index (χ3v) is 5.22. The molecule has 1 aliphatic heterocycles. The lowest BCUT2D eigenvalue weighted by molar-refractivity contribution is -0.154. The second-order valence-electron chi connectivity index (χ2n) is 7.67. The second kappa shape index (κ2) is 8.55. The first-order valence-corrected chi connectivity index (χ1v) is 9.80. The first-order valence-electron chi connectivity index (χ1n) is 9.80. The Morgan fingerprint density at radius 3 is 2.22 bits per heavy atom. The molecular formula is C21H28N2O4. The number of para-hydroxylation sites is 1. The van der Waals surface area contributed by atoms with Gasteiger partial charge in [-0.1, -0.05) is 18.2 Å². The van der Waals surface area contributed by atoms with Crippen LogP contribution in [-0.2, 0) is 19.1 Å². The SMILES string of the molecule is CC(C)N(C(=O)COC(=O)C1CCN(C(=O)C2CC2)CC1)c1ccccc1. The average molecular weight is 372 g/mol. The monoisotopic (exact) mass is 372 g/mol. The van der Waals surface area contributed by atoms with E-state index in [4.69, 9.17) is 4.74 Å². The van der Waals surface area contributed by atoms with Crippen LogP contribution >= 0.6 is 0 Å². The minimum atomic E-state index is -0.335. The summed E-state index contributed by atoms with van der Waals surface area (Å²) >= 11 is 0. The van der Waals surface area contributed by atoms with Gasteiger partial charge in [-0.15, -0.1) is 0 Å². The summed E-state index contributed by atoms with van der Waals surface area (Å²) in [4.78, 5) is 40.5. The number of carbonyl (C=O) groups excluding carboxylic acids is 3. The van der Waals surface area contributed by atoms with Crippen LogP contribution in [0.3, 0.4) is 0 Å². The molecule has 0 atom stereocenters. The molecule has 1 aliphatic carbocycles. The first-order chi connectivity index (χ1) is 13.0. The number of anilines is 1. The normalized spacial score (nSPS) is 17.7. The first kappa shape index (κ1) is 19.4. The van der Waals surface area contributed by atoms with E-state index in [1.807, 2.05) is 49.1 Å². The van der Waals surface area contributed by atoms with Crippen molar-refractivity contribution in [1.29, 1.82) is 0 Å². The standard InChI is InChI=1S/C21H28N2O4/c1-15(2)23(18-6-4-3-5-7-18)19(24)14-27-21(26)17-10-12-22(13-11-17)20(25)16-8-9-16/h3-7,15-17H,8-14H2,1-2H3. The van der Waals surface area contributed by atoms with Crippen molar-refractivity contribution in [1.82, 2.24) is 4.90 Å². The molecule has 1 saturated heterocycles. The van der Waals surface area contributed by atoms with Crippen LogP contribution in [-0.4, -0.2) is 48.4 Å². The molecule has 1 aromatic carbocycles. The maximum absolute atomic E-state index is 12.6. The van der Waals surface area contributed by atoms with Gasteiger partial charge in [0.15, 0.2) is 6.61 Å². The van der Waals surface area contributed by atoms with Gasteiger partial charge in [0.2, 0.25) is 5.91 Å². The fourth-order valence-electron chi connectivity index (χ4n) is 3.56. The van der Waals surface area contributed by atoms with E-state index >= 15 is 0 Å². The Labute approximate surface area is 160 Å². The van der Waals surface area contributed by atoms with Gasteiger partial charge < -0.3 is 14.5 Å². The number of ether oxygens (including phenoxy) is 1. The highest BCUT2D eigenvalue weighted by Crippen LogP contribution is 2.32. The predicted octanol–water partition coefficient (Wildman–Crippen LogP) is 2.62.